The number of halogens is 5. The van der Waals surface area contributed by atoms with Crippen molar-refractivity contribution in [1.82, 2.24) is 9.97 Å². The fraction of sp³-hybridized carbons (Fsp3) is 0.375. The zero-order valence-corrected chi connectivity index (χ0v) is 15.0. The largest absolute Gasteiger partial charge is 0.471 e. The monoisotopic (exact) mass is 410 g/mol. The van der Waals surface area contributed by atoms with E-state index in [0.29, 0.717) is 19.1 Å². The Morgan fingerprint density at radius 1 is 1.07 bits per heavy atom. The van der Waals surface area contributed by atoms with Gasteiger partial charge >= 0.3 is 6.18 Å². The summed E-state index contributed by atoms with van der Waals surface area (Å²) in [6.07, 6.45) is -3.79. The van der Waals surface area contributed by atoms with Crippen molar-refractivity contribution in [1.29, 1.82) is 0 Å². The van der Waals surface area contributed by atoms with Crippen molar-refractivity contribution in [3.63, 3.8) is 0 Å². The second-order valence-corrected chi connectivity index (χ2v) is 7.96. The van der Waals surface area contributed by atoms with Crippen LogP contribution >= 0.6 is 0 Å². The van der Waals surface area contributed by atoms with Crippen molar-refractivity contribution in [3.05, 3.63) is 36.2 Å². The molecule has 11 heteroatoms. The molecule has 0 aliphatic carbocycles. The third kappa shape index (κ3) is 5.34. The molecule has 0 radical (unpaired) electrons. The third-order valence-corrected chi connectivity index (χ3v) is 5.18. The topological polar surface area (TPSA) is 69.2 Å². The predicted octanol–water partition coefficient (Wildman–Crippen LogP) is 3.99. The van der Waals surface area contributed by atoms with Crippen LogP contribution in [0.2, 0.25) is 0 Å². The molecule has 0 amide bonds. The Bertz CT molecular complexity index is 924. The zero-order chi connectivity index (χ0) is 20.5. The summed E-state index contributed by atoms with van der Waals surface area (Å²) in [4.78, 5) is 6.91. The highest BCUT2D eigenvalue weighted by molar-refractivity contribution is 7.91. The van der Waals surface area contributed by atoms with Crippen molar-refractivity contribution in [2.45, 2.75) is 30.8 Å². The van der Waals surface area contributed by atoms with Gasteiger partial charge in [0.1, 0.15) is 6.33 Å². The first kappa shape index (κ1) is 21.0. The number of hydrogen-bond donors (Lipinski definition) is 0. The summed E-state index contributed by atoms with van der Waals surface area (Å²) < 4.78 is 94.1. The molecule has 0 bridgehead atoms. The number of alkyl halides is 5. The molecule has 0 atom stereocenters. The summed E-state index contributed by atoms with van der Waals surface area (Å²) in [6.45, 7) is 0.949. The number of benzene rings is 1. The van der Waals surface area contributed by atoms with Crippen molar-refractivity contribution in [2.24, 2.45) is 0 Å². The second kappa shape index (κ2) is 7.37. The minimum atomic E-state index is -4.73. The van der Waals surface area contributed by atoms with Crippen LogP contribution in [0.4, 0.5) is 22.0 Å². The van der Waals surface area contributed by atoms with E-state index >= 15 is 0 Å². The van der Waals surface area contributed by atoms with E-state index in [1.165, 1.54) is 6.92 Å². The number of rotatable bonds is 6. The van der Waals surface area contributed by atoms with E-state index in [1.807, 2.05) is 0 Å². The molecule has 2 rings (SSSR count). The van der Waals surface area contributed by atoms with Gasteiger partial charge in [-0.2, -0.15) is 13.2 Å². The SMILES string of the molecule is CCS(=O)(=O)c1cc(C(F)(F)F)ccc1-c1cc(OCC(C)(F)F)ncn1. The summed E-state index contributed by atoms with van der Waals surface area (Å²) in [5, 5.41) is 0. The number of aromatic nitrogens is 2. The standard InChI is InChI=1S/C16H15F5N2O3S/c1-3-27(24,25)13-6-10(16(19,20)21)4-5-11(13)12-7-14(23-9-22-12)26-8-15(2,17)18/h4-7,9H,3,8H2,1-2H3. The van der Waals surface area contributed by atoms with E-state index in [2.05, 4.69) is 9.97 Å². The first-order valence-electron chi connectivity index (χ1n) is 7.60. The molecule has 0 aliphatic rings. The van der Waals surface area contributed by atoms with Crippen LogP contribution in [0.25, 0.3) is 11.3 Å². The minimum Gasteiger partial charge on any atom is -0.471 e. The van der Waals surface area contributed by atoms with Crippen LogP contribution in [0.5, 0.6) is 5.88 Å². The van der Waals surface area contributed by atoms with Crippen LogP contribution in [0.1, 0.15) is 19.4 Å². The summed E-state index contributed by atoms with van der Waals surface area (Å²) in [5.74, 6) is -3.82. The first-order valence-corrected chi connectivity index (χ1v) is 9.26. The van der Waals surface area contributed by atoms with Gasteiger partial charge in [-0.15, -0.1) is 0 Å². The summed E-state index contributed by atoms with van der Waals surface area (Å²) in [5.41, 5.74) is -1.31. The molecule has 0 aliphatic heterocycles. The maximum absolute atomic E-state index is 13.0. The minimum absolute atomic E-state index is 0.0693. The van der Waals surface area contributed by atoms with Gasteiger partial charge in [0.25, 0.3) is 5.92 Å². The molecular weight excluding hydrogens is 395 g/mol. The lowest BCUT2D eigenvalue weighted by Crippen LogP contribution is -2.21. The van der Waals surface area contributed by atoms with E-state index in [0.717, 1.165) is 18.5 Å². The van der Waals surface area contributed by atoms with Gasteiger partial charge in [0.05, 0.1) is 21.9 Å². The van der Waals surface area contributed by atoms with Gasteiger partial charge in [-0.3, -0.25) is 0 Å². The molecule has 0 saturated carbocycles. The van der Waals surface area contributed by atoms with Crippen molar-refractivity contribution >= 4 is 9.84 Å². The van der Waals surface area contributed by atoms with Gasteiger partial charge in [-0.1, -0.05) is 13.0 Å². The van der Waals surface area contributed by atoms with E-state index in [4.69, 9.17) is 4.74 Å². The van der Waals surface area contributed by atoms with Gasteiger partial charge in [0.2, 0.25) is 5.88 Å². The van der Waals surface area contributed by atoms with E-state index in [9.17, 15) is 30.4 Å². The Labute approximate surface area is 152 Å². The molecule has 1 aromatic heterocycles. The lowest BCUT2D eigenvalue weighted by atomic mass is 10.1. The molecule has 0 unspecified atom stereocenters. The van der Waals surface area contributed by atoms with Crippen LogP contribution in [0.15, 0.2) is 35.5 Å². The third-order valence-electron chi connectivity index (χ3n) is 3.42. The average Bonchev–Trinajstić information content (AvgIpc) is 2.58. The Hall–Kier alpha value is -2.30. The first-order chi connectivity index (χ1) is 12.3. The van der Waals surface area contributed by atoms with Gasteiger partial charge in [0.15, 0.2) is 16.4 Å². The second-order valence-electron chi connectivity index (χ2n) is 5.71. The number of sulfone groups is 1. The van der Waals surface area contributed by atoms with Crippen LogP contribution < -0.4 is 4.74 Å². The molecule has 0 saturated heterocycles. The van der Waals surface area contributed by atoms with E-state index < -0.39 is 44.8 Å². The van der Waals surface area contributed by atoms with Crippen molar-refractivity contribution in [2.75, 3.05) is 12.4 Å². The smallest absolute Gasteiger partial charge is 0.416 e. The number of ether oxygens (including phenoxy) is 1. The Balaban J connectivity index is 2.55. The fourth-order valence-corrected chi connectivity index (χ4v) is 3.21. The van der Waals surface area contributed by atoms with Gasteiger partial charge in [0, 0.05) is 18.6 Å². The number of hydrogen-bond acceptors (Lipinski definition) is 5. The molecule has 27 heavy (non-hydrogen) atoms. The Morgan fingerprint density at radius 3 is 2.30 bits per heavy atom. The highest BCUT2D eigenvalue weighted by Crippen LogP contribution is 2.35. The van der Waals surface area contributed by atoms with E-state index in [1.54, 1.807) is 0 Å². The Kier molecular flexibility index (Phi) is 5.74. The maximum Gasteiger partial charge on any atom is 0.416 e. The summed E-state index contributed by atoms with van der Waals surface area (Å²) >= 11 is 0. The van der Waals surface area contributed by atoms with Crippen LogP contribution in [0, 0.1) is 0 Å². The molecule has 148 valence electrons. The predicted molar refractivity (Wildman–Crippen MR) is 86.3 cm³/mol. The van der Waals surface area contributed by atoms with Crippen molar-refractivity contribution < 1.29 is 35.1 Å². The van der Waals surface area contributed by atoms with Crippen LogP contribution in [0.3, 0.4) is 0 Å². The van der Waals surface area contributed by atoms with Crippen LogP contribution in [-0.4, -0.2) is 36.7 Å². The Morgan fingerprint density at radius 2 is 1.74 bits per heavy atom. The fourth-order valence-electron chi connectivity index (χ4n) is 2.09. The lowest BCUT2D eigenvalue weighted by molar-refractivity contribution is -0.137. The normalized spacial score (nSPS) is 12.9. The van der Waals surface area contributed by atoms with Crippen molar-refractivity contribution in [3.8, 4) is 17.1 Å². The van der Waals surface area contributed by atoms with Gasteiger partial charge in [-0.25, -0.2) is 27.2 Å². The molecule has 5 nitrogen and oxygen atoms in total. The molecule has 2 aromatic rings. The summed E-state index contributed by atoms with van der Waals surface area (Å²) in [7, 11) is -4.03. The molecule has 1 aromatic carbocycles. The van der Waals surface area contributed by atoms with Gasteiger partial charge < -0.3 is 4.74 Å². The van der Waals surface area contributed by atoms with E-state index in [-0.39, 0.29) is 17.1 Å². The molecule has 0 fully saturated rings. The number of nitrogens with zero attached hydrogens (tertiary/aromatic N) is 2. The zero-order valence-electron chi connectivity index (χ0n) is 14.2. The average molecular weight is 410 g/mol. The highest BCUT2D eigenvalue weighted by Gasteiger charge is 2.33. The molecular formula is C16H15F5N2O3S. The molecule has 0 N–H and O–H groups in total. The highest BCUT2D eigenvalue weighted by atomic mass is 32.2. The summed E-state index contributed by atoms with van der Waals surface area (Å²) in [6, 6.07) is 3.29. The molecule has 0 spiro atoms. The van der Waals surface area contributed by atoms with Crippen LogP contribution in [-0.2, 0) is 16.0 Å². The maximum atomic E-state index is 13.0. The lowest BCUT2D eigenvalue weighted by Gasteiger charge is -2.14. The molecule has 1 heterocycles. The van der Waals surface area contributed by atoms with Gasteiger partial charge in [-0.05, 0) is 12.1 Å². The quantitative estimate of drug-likeness (QED) is 0.674.